The van der Waals surface area contributed by atoms with Crippen molar-refractivity contribution in [3.05, 3.63) is 42.1 Å². The molecule has 1 aromatic carbocycles. The van der Waals surface area contributed by atoms with Crippen molar-refractivity contribution in [3.8, 4) is 11.6 Å². The second kappa shape index (κ2) is 16.3. The number of carboxylic acids is 1. The second-order valence-electron chi connectivity index (χ2n) is 12.7. The number of hydrogen-bond acceptors (Lipinski definition) is 10. The second-order valence-corrected chi connectivity index (χ2v) is 12.7. The number of benzene rings is 1. The summed E-state index contributed by atoms with van der Waals surface area (Å²) < 4.78 is 17.6. The van der Waals surface area contributed by atoms with Crippen molar-refractivity contribution in [2.75, 3.05) is 52.5 Å². The molecule has 0 radical (unpaired) electrons. The molecule has 16 heteroatoms. The van der Waals surface area contributed by atoms with Crippen LogP contribution in [0.2, 0.25) is 0 Å². The van der Waals surface area contributed by atoms with Crippen molar-refractivity contribution in [1.82, 2.24) is 29.8 Å². The van der Waals surface area contributed by atoms with Crippen LogP contribution >= 0.6 is 0 Å². The number of nitrogens with zero attached hydrogens (tertiary/aromatic N) is 5. The predicted octanol–water partition coefficient (Wildman–Crippen LogP) is 1.71. The number of amides is 4. The minimum atomic E-state index is -1.13. The topological polar surface area (TPSA) is 190 Å². The Morgan fingerprint density at radius 3 is 2.27 bits per heavy atom. The van der Waals surface area contributed by atoms with Crippen LogP contribution in [0.4, 0.5) is 4.79 Å². The van der Waals surface area contributed by atoms with E-state index in [0.717, 1.165) is 0 Å². The summed E-state index contributed by atoms with van der Waals surface area (Å²) in [5.74, 6) is -3.63. The summed E-state index contributed by atoms with van der Waals surface area (Å²) in [4.78, 5) is 80.7. The zero-order valence-electron chi connectivity index (χ0n) is 28.3. The smallest absolute Gasteiger partial charge is 0.409 e. The van der Waals surface area contributed by atoms with Gasteiger partial charge in [-0.25, -0.2) is 9.48 Å². The largest absolute Gasteiger partial charge is 0.481 e. The lowest BCUT2D eigenvalue weighted by Crippen LogP contribution is -2.56. The van der Waals surface area contributed by atoms with Gasteiger partial charge in [-0.3, -0.25) is 24.0 Å². The molecule has 2 fully saturated rings. The van der Waals surface area contributed by atoms with Gasteiger partial charge in [0.25, 0.3) is 11.8 Å². The number of carboxylic acid groups (broad SMARTS) is 1. The van der Waals surface area contributed by atoms with Crippen LogP contribution in [0.25, 0.3) is 5.69 Å². The molecule has 0 spiro atoms. The third kappa shape index (κ3) is 10.2. The lowest BCUT2D eigenvalue weighted by atomic mass is 10.1. The van der Waals surface area contributed by atoms with Crippen molar-refractivity contribution in [2.45, 2.75) is 58.6 Å². The SMILES string of the molecule is CCOC(=O)N1CCN(C(=O)C(CCC(=O)OC(C)(C)C)NC(=O)c2cc(OCC(=O)N3CCC(C(=O)O)C3)n(-c3ccccc3)n2)CC1. The highest BCUT2D eigenvalue weighted by atomic mass is 16.6. The fraction of sp³-hybridized carbons (Fsp3) is 0.545. The van der Waals surface area contributed by atoms with Gasteiger partial charge in [0.05, 0.1) is 18.2 Å². The van der Waals surface area contributed by atoms with Crippen molar-refractivity contribution in [3.63, 3.8) is 0 Å². The van der Waals surface area contributed by atoms with Crippen LogP contribution in [0.15, 0.2) is 36.4 Å². The van der Waals surface area contributed by atoms with Gasteiger partial charge in [0.15, 0.2) is 12.3 Å². The van der Waals surface area contributed by atoms with Gasteiger partial charge in [-0.1, -0.05) is 18.2 Å². The Bertz CT molecular complexity index is 1510. The molecule has 4 amide bonds. The monoisotopic (exact) mass is 684 g/mol. The van der Waals surface area contributed by atoms with Gasteiger partial charge in [-0.15, -0.1) is 0 Å². The molecule has 2 saturated heterocycles. The Kier molecular flexibility index (Phi) is 12.2. The number of hydrogen-bond donors (Lipinski definition) is 2. The minimum absolute atomic E-state index is 0.0536. The van der Waals surface area contributed by atoms with E-state index in [1.165, 1.54) is 25.4 Å². The van der Waals surface area contributed by atoms with Gasteiger partial charge >= 0.3 is 18.0 Å². The van der Waals surface area contributed by atoms with Crippen LogP contribution in [0.5, 0.6) is 5.88 Å². The molecule has 266 valence electrons. The lowest BCUT2D eigenvalue weighted by Gasteiger charge is -2.36. The standard InChI is InChI=1S/C33H44N6O10/c1-5-47-32(46)37-17-15-36(16-18-37)30(43)24(11-12-28(41)49-33(2,3)4)34-29(42)25-19-27(39(35-25)23-9-7-6-8-10-23)48-21-26(40)38-14-13-22(20-38)31(44)45/h6-10,19,22,24H,5,11-18,20-21H2,1-4H3,(H,34,42)(H,44,45). The van der Waals surface area contributed by atoms with E-state index >= 15 is 0 Å². The molecule has 4 rings (SSSR count). The van der Waals surface area contributed by atoms with E-state index in [1.807, 2.05) is 0 Å². The number of rotatable bonds is 12. The van der Waals surface area contributed by atoms with Crippen LogP contribution in [0, 0.1) is 5.92 Å². The van der Waals surface area contributed by atoms with Crippen LogP contribution < -0.4 is 10.1 Å². The fourth-order valence-electron chi connectivity index (χ4n) is 5.44. The molecule has 2 aliphatic heterocycles. The molecule has 2 aromatic rings. The highest BCUT2D eigenvalue weighted by Gasteiger charge is 2.33. The average molecular weight is 685 g/mol. The number of carbonyl (C=O) groups is 6. The minimum Gasteiger partial charge on any atom is -0.481 e. The van der Waals surface area contributed by atoms with Crippen molar-refractivity contribution >= 4 is 35.8 Å². The molecule has 3 heterocycles. The number of para-hydroxylation sites is 1. The molecule has 2 N–H and O–H groups in total. The van der Waals surface area contributed by atoms with E-state index in [-0.39, 0.29) is 63.7 Å². The van der Waals surface area contributed by atoms with Gasteiger partial charge in [0, 0.05) is 51.8 Å². The summed E-state index contributed by atoms with van der Waals surface area (Å²) in [6, 6.07) is 8.98. The van der Waals surface area contributed by atoms with Crippen LogP contribution in [-0.2, 0) is 28.7 Å². The lowest BCUT2D eigenvalue weighted by molar-refractivity contribution is -0.155. The molecule has 49 heavy (non-hydrogen) atoms. The zero-order chi connectivity index (χ0) is 35.7. The number of aliphatic carboxylic acids is 1. The molecule has 0 bridgehead atoms. The van der Waals surface area contributed by atoms with Crippen molar-refractivity contribution in [1.29, 1.82) is 0 Å². The summed E-state index contributed by atoms with van der Waals surface area (Å²) in [5.41, 5.74) is -0.313. The number of likely N-dealkylation sites (tertiary alicyclic amines) is 1. The molecular formula is C33H44N6O10. The number of nitrogens with one attached hydrogen (secondary N) is 1. The van der Waals surface area contributed by atoms with Crippen LogP contribution in [0.3, 0.4) is 0 Å². The first-order valence-corrected chi connectivity index (χ1v) is 16.3. The third-order valence-corrected chi connectivity index (χ3v) is 7.92. The Labute approximate surface area is 284 Å². The molecule has 2 atom stereocenters. The number of ether oxygens (including phenoxy) is 3. The molecular weight excluding hydrogens is 640 g/mol. The zero-order valence-corrected chi connectivity index (χ0v) is 28.3. The van der Waals surface area contributed by atoms with E-state index in [0.29, 0.717) is 18.7 Å². The third-order valence-electron chi connectivity index (χ3n) is 7.92. The molecule has 0 saturated carbocycles. The first kappa shape index (κ1) is 36.7. The Morgan fingerprint density at radius 1 is 0.980 bits per heavy atom. The Hall–Kier alpha value is -5.15. The summed E-state index contributed by atoms with van der Waals surface area (Å²) in [6.45, 7) is 7.97. The summed E-state index contributed by atoms with van der Waals surface area (Å²) in [7, 11) is 0. The molecule has 2 unspecified atom stereocenters. The van der Waals surface area contributed by atoms with Crippen molar-refractivity contribution in [2.24, 2.45) is 5.92 Å². The van der Waals surface area contributed by atoms with Gasteiger partial charge < -0.3 is 39.3 Å². The maximum absolute atomic E-state index is 13.7. The van der Waals surface area contributed by atoms with E-state index in [2.05, 4.69) is 10.4 Å². The highest BCUT2D eigenvalue weighted by molar-refractivity contribution is 5.96. The number of piperazine rings is 1. The number of aromatic nitrogens is 2. The number of carbonyl (C=O) groups excluding carboxylic acids is 5. The first-order valence-electron chi connectivity index (χ1n) is 16.3. The van der Waals surface area contributed by atoms with Crippen LogP contribution in [0.1, 0.15) is 57.4 Å². The fourth-order valence-corrected chi connectivity index (χ4v) is 5.44. The van der Waals surface area contributed by atoms with E-state index in [1.54, 1.807) is 58.0 Å². The Morgan fingerprint density at radius 2 is 1.65 bits per heavy atom. The van der Waals surface area contributed by atoms with Gasteiger partial charge in [-0.2, -0.15) is 5.10 Å². The van der Waals surface area contributed by atoms with E-state index in [4.69, 9.17) is 14.2 Å². The molecule has 16 nitrogen and oxygen atoms in total. The maximum Gasteiger partial charge on any atom is 0.409 e. The molecule has 0 aliphatic carbocycles. The number of esters is 1. The maximum atomic E-state index is 13.7. The first-order chi connectivity index (χ1) is 23.3. The van der Waals surface area contributed by atoms with Crippen molar-refractivity contribution < 1.29 is 48.1 Å². The van der Waals surface area contributed by atoms with Gasteiger partial charge in [0.1, 0.15) is 11.6 Å². The van der Waals surface area contributed by atoms with Gasteiger partial charge in [-0.05, 0) is 52.7 Å². The van der Waals surface area contributed by atoms with E-state index < -0.39 is 59.9 Å². The normalized spacial score (nSPS) is 16.9. The van der Waals surface area contributed by atoms with E-state index in [9.17, 15) is 33.9 Å². The summed E-state index contributed by atoms with van der Waals surface area (Å²) >= 11 is 0. The van der Waals surface area contributed by atoms with Crippen LogP contribution in [-0.4, -0.2) is 129 Å². The highest BCUT2D eigenvalue weighted by Crippen LogP contribution is 2.22. The predicted molar refractivity (Wildman–Crippen MR) is 173 cm³/mol. The van der Waals surface area contributed by atoms with Gasteiger partial charge in [0.2, 0.25) is 11.8 Å². The molecule has 2 aliphatic rings. The average Bonchev–Trinajstić information content (AvgIpc) is 3.74. The quantitative estimate of drug-likeness (QED) is 0.310. The molecule has 1 aromatic heterocycles. The summed E-state index contributed by atoms with van der Waals surface area (Å²) in [6.07, 6.45) is -0.321. The summed E-state index contributed by atoms with van der Waals surface area (Å²) in [5, 5.41) is 16.4. The Balaban J connectivity index is 1.50.